The second-order valence-electron chi connectivity index (χ2n) is 7.02. The van der Waals surface area contributed by atoms with Crippen molar-refractivity contribution >= 4 is 41.3 Å². The van der Waals surface area contributed by atoms with E-state index in [-0.39, 0.29) is 29.4 Å². The van der Waals surface area contributed by atoms with E-state index in [4.69, 9.17) is 9.72 Å². The van der Waals surface area contributed by atoms with Crippen molar-refractivity contribution in [2.24, 2.45) is 4.99 Å². The average molecular weight is 481 g/mol. The van der Waals surface area contributed by atoms with Crippen molar-refractivity contribution in [3.63, 3.8) is 0 Å². The molecule has 1 aromatic rings. The van der Waals surface area contributed by atoms with E-state index in [1.54, 1.807) is 11.3 Å². The van der Waals surface area contributed by atoms with Crippen LogP contribution in [-0.4, -0.2) is 68.8 Å². The van der Waals surface area contributed by atoms with E-state index < -0.39 is 0 Å². The molecule has 0 spiro atoms. The number of aromatic nitrogens is 1. The summed E-state index contributed by atoms with van der Waals surface area (Å²) in [7, 11) is 1.81. The quantitative estimate of drug-likeness (QED) is 0.370. The predicted octanol–water partition coefficient (Wildman–Crippen LogP) is 2.10. The Kier molecular flexibility index (Phi) is 10.2. The number of nitrogens with zero attached hydrogens (tertiary/aromatic N) is 3. The van der Waals surface area contributed by atoms with Crippen LogP contribution >= 0.6 is 35.3 Å². The normalized spacial score (nSPS) is 16.4. The Morgan fingerprint density at radius 1 is 1.28 bits per heavy atom. The van der Waals surface area contributed by atoms with Crippen LogP contribution in [0.5, 0.6) is 0 Å². The third-order valence-electron chi connectivity index (χ3n) is 3.91. The zero-order chi connectivity index (χ0) is 17.4. The molecule has 0 saturated carbocycles. The molecule has 0 radical (unpaired) electrons. The number of thiazole rings is 1. The van der Waals surface area contributed by atoms with E-state index in [1.807, 2.05) is 7.05 Å². The molecule has 0 unspecified atom stereocenters. The van der Waals surface area contributed by atoms with Crippen LogP contribution in [0.4, 0.5) is 0 Å². The highest BCUT2D eigenvalue weighted by molar-refractivity contribution is 14.0. The van der Waals surface area contributed by atoms with Crippen molar-refractivity contribution in [3.05, 3.63) is 16.1 Å². The van der Waals surface area contributed by atoms with E-state index in [0.717, 1.165) is 64.0 Å². The molecule has 2 rings (SSSR count). The summed E-state index contributed by atoms with van der Waals surface area (Å²) in [6, 6.07) is 0. The van der Waals surface area contributed by atoms with Gasteiger partial charge in [-0.2, -0.15) is 0 Å². The summed E-state index contributed by atoms with van der Waals surface area (Å²) in [6.07, 6.45) is 0.913. The molecule has 1 fully saturated rings. The molecule has 6 nitrogen and oxygen atoms in total. The molecule has 8 heteroatoms. The van der Waals surface area contributed by atoms with Crippen LogP contribution in [0.25, 0.3) is 0 Å². The average Bonchev–Trinajstić information content (AvgIpc) is 3.03. The number of nitrogens with one attached hydrogen (secondary N) is 2. The molecule has 2 N–H and O–H groups in total. The lowest BCUT2D eigenvalue weighted by Crippen LogP contribution is -2.44. The number of ether oxygens (including phenoxy) is 1. The summed E-state index contributed by atoms with van der Waals surface area (Å²) < 4.78 is 5.36. The Bertz CT molecular complexity index is 523. The van der Waals surface area contributed by atoms with E-state index in [2.05, 4.69) is 46.7 Å². The first-order valence-corrected chi connectivity index (χ1v) is 9.56. The van der Waals surface area contributed by atoms with Crippen molar-refractivity contribution in [2.45, 2.75) is 32.6 Å². The lowest BCUT2D eigenvalue weighted by molar-refractivity contribution is 0.0389. The molecule has 144 valence electrons. The van der Waals surface area contributed by atoms with Crippen molar-refractivity contribution < 1.29 is 4.74 Å². The number of hydrogen-bond donors (Lipinski definition) is 2. The highest BCUT2D eigenvalue weighted by Crippen LogP contribution is 2.25. The fraction of sp³-hybridized carbons (Fsp3) is 0.765. The second-order valence-corrected chi connectivity index (χ2v) is 7.88. The first-order valence-electron chi connectivity index (χ1n) is 8.68. The molecule has 0 aromatic carbocycles. The Morgan fingerprint density at radius 3 is 2.56 bits per heavy atom. The van der Waals surface area contributed by atoms with Gasteiger partial charge in [-0.05, 0) is 0 Å². The molecule has 1 saturated heterocycles. The SMILES string of the molecule is CN=C(NCCc1csc(C(C)(C)C)n1)NCCN1CCOCC1.I. The maximum Gasteiger partial charge on any atom is 0.191 e. The molecule has 1 aliphatic rings. The van der Waals surface area contributed by atoms with E-state index in [0.29, 0.717) is 0 Å². The van der Waals surface area contributed by atoms with Crippen LogP contribution in [-0.2, 0) is 16.6 Å². The zero-order valence-electron chi connectivity index (χ0n) is 15.8. The van der Waals surface area contributed by atoms with Crippen LogP contribution < -0.4 is 10.6 Å². The fourth-order valence-corrected chi connectivity index (χ4v) is 3.39. The lowest BCUT2D eigenvalue weighted by atomic mass is 9.98. The Hall–Kier alpha value is -0.450. The largest absolute Gasteiger partial charge is 0.379 e. The van der Waals surface area contributed by atoms with Crippen LogP contribution in [0.3, 0.4) is 0 Å². The van der Waals surface area contributed by atoms with E-state index in [1.165, 1.54) is 5.01 Å². The third-order valence-corrected chi connectivity index (χ3v) is 5.23. The Morgan fingerprint density at radius 2 is 1.96 bits per heavy atom. The van der Waals surface area contributed by atoms with Crippen LogP contribution in [0.2, 0.25) is 0 Å². The van der Waals surface area contributed by atoms with Gasteiger partial charge in [0.25, 0.3) is 0 Å². The zero-order valence-corrected chi connectivity index (χ0v) is 18.9. The minimum absolute atomic E-state index is 0. The maximum atomic E-state index is 5.36. The smallest absolute Gasteiger partial charge is 0.191 e. The highest BCUT2D eigenvalue weighted by atomic mass is 127. The molecule has 25 heavy (non-hydrogen) atoms. The first kappa shape index (κ1) is 22.6. The number of guanidine groups is 1. The summed E-state index contributed by atoms with van der Waals surface area (Å²) in [5.41, 5.74) is 1.29. The molecule has 2 heterocycles. The third kappa shape index (κ3) is 8.19. The van der Waals surface area contributed by atoms with Gasteiger partial charge >= 0.3 is 0 Å². The Labute approximate surface area is 172 Å². The summed E-state index contributed by atoms with van der Waals surface area (Å²) in [5, 5.41) is 10.1. The molecule has 0 bridgehead atoms. The van der Waals surface area contributed by atoms with Gasteiger partial charge in [0.15, 0.2) is 5.96 Å². The highest BCUT2D eigenvalue weighted by Gasteiger charge is 2.17. The number of aliphatic imine (C=N–C) groups is 1. The van der Waals surface area contributed by atoms with Gasteiger partial charge < -0.3 is 15.4 Å². The van der Waals surface area contributed by atoms with E-state index in [9.17, 15) is 0 Å². The molecule has 0 atom stereocenters. The molecular weight excluding hydrogens is 449 g/mol. The number of halogens is 1. The van der Waals surface area contributed by atoms with Crippen LogP contribution in [0, 0.1) is 0 Å². The summed E-state index contributed by atoms with van der Waals surface area (Å²) in [4.78, 5) is 11.4. The maximum absolute atomic E-state index is 5.36. The standard InChI is InChI=1S/C17H31N5OS.HI/c1-17(2,3)15-21-14(13-24-15)5-6-19-16(18-4)20-7-8-22-9-11-23-12-10-22;/h13H,5-12H2,1-4H3,(H2,18,19,20);1H. The van der Waals surface area contributed by atoms with Crippen molar-refractivity contribution in [3.8, 4) is 0 Å². The van der Waals surface area contributed by atoms with Gasteiger partial charge in [0, 0.05) is 57.0 Å². The molecular formula is C17H32IN5OS. The molecule has 0 amide bonds. The van der Waals surface area contributed by atoms with Crippen molar-refractivity contribution in [1.29, 1.82) is 0 Å². The van der Waals surface area contributed by atoms with Gasteiger partial charge in [0.1, 0.15) is 0 Å². The number of hydrogen-bond acceptors (Lipinski definition) is 5. The van der Waals surface area contributed by atoms with Gasteiger partial charge in [-0.15, -0.1) is 35.3 Å². The van der Waals surface area contributed by atoms with Gasteiger partial charge in [0.05, 0.1) is 23.9 Å². The molecule has 1 aromatic heterocycles. The summed E-state index contributed by atoms with van der Waals surface area (Å²) in [5.74, 6) is 0.856. The van der Waals surface area contributed by atoms with Gasteiger partial charge in [0.2, 0.25) is 0 Å². The second kappa shape index (κ2) is 11.3. The Balaban J connectivity index is 0.00000312. The first-order chi connectivity index (χ1) is 11.5. The lowest BCUT2D eigenvalue weighted by Gasteiger charge is -2.26. The fourth-order valence-electron chi connectivity index (χ4n) is 2.45. The van der Waals surface area contributed by atoms with Gasteiger partial charge in [-0.3, -0.25) is 9.89 Å². The number of rotatable bonds is 6. The van der Waals surface area contributed by atoms with Crippen LogP contribution in [0.1, 0.15) is 31.5 Å². The topological polar surface area (TPSA) is 61.8 Å². The van der Waals surface area contributed by atoms with Crippen molar-refractivity contribution in [2.75, 3.05) is 53.0 Å². The van der Waals surface area contributed by atoms with Crippen molar-refractivity contribution in [1.82, 2.24) is 20.5 Å². The summed E-state index contributed by atoms with van der Waals surface area (Å²) >= 11 is 1.75. The van der Waals surface area contributed by atoms with E-state index >= 15 is 0 Å². The van der Waals surface area contributed by atoms with Crippen LogP contribution in [0.15, 0.2) is 10.4 Å². The predicted molar refractivity (Wildman–Crippen MR) is 117 cm³/mol. The molecule has 1 aliphatic heterocycles. The number of morpholine rings is 1. The minimum atomic E-state index is 0. The van der Waals surface area contributed by atoms with Gasteiger partial charge in [-0.1, -0.05) is 20.8 Å². The summed E-state index contributed by atoms with van der Waals surface area (Å²) in [6.45, 7) is 13.1. The monoisotopic (exact) mass is 481 g/mol. The van der Waals surface area contributed by atoms with Gasteiger partial charge in [-0.25, -0.2) is 4.98 Å². The minimum Gasteiger partial charge on any atom is -0.379 e. The molecule has 0 aliphatic carbocycles.